The number of rotatable bonds is 6. The SMILES string of the molecule is CNC(=O)NC1(C=O)CCCC1CNS(=O)c1ccc(Br)c(C)c1. The second kappa shape index (κ2) is 8.22. The lowest BCUT2D eigenvalue weighted by Crippen LogP contribution is -2.56. The third kappa shape index (κ3) is 4.23. The van der Waals surface area contributed by atoms with Crippen molar-refractivity contribution < 1.29 is 13.8 Å². The molecule has 0 heterocycles. The van der Waals surface area contributed by atoms with Crippen LogP contribution in [-0.4, -0.2) is 35.7 Å². The summed E-state index contributed by atoms with van der Waals surface area (Å²) in [6, 6.07) is 5.14. The first-order valence-corrected chi connectivity index (χ1v) is 9.74. The summed E-state index contributed by atoms with van der Waals surface area (Å²) in [7, 11) is 0.152. The molecule has 6 nitrogen and oxygen atoms in total. The van der Waals surface area contributed by atoms with E-state index in [0.717, 1.165) is 29.2 Å². The van der Waals surface area contributed by atoms with Gasteiger partial charge in [-0.25, -0.2) is 13.7 Å². The van der Waals surface area contributed by atoms with Crippen LogP contribution in [-0.2, 0) is 15.8 Å². The maximum atomic E-state index is 12.4. The van der Waals surface area contributed by atoms with Crippen molar-refractivity contribution >= 4 is 39.2 Å². The molecule has 0 saturated heterocycles. The lowest BCUT2D eigenvalue weighted by Gasteiger charge is -2.31. The van der Waals surface area contributed by atoms with Gasteiger partial charge in [0.1, 0.15) is 22.8 Å². The van der Waals surface area contributed by atoms with Crippen LogP contribution in [0, 0.1) is 12.8 Å². The molecule has 1 aliphatic carbocycles. The molecule has 0 spiro atoms. The van der Waals surface area contributed by atoms with Gasteiger partial charge >= 0.3 is 6.03 Å². The number of amides is 2. The summed E-state index contributed by atoms with van der Waals surface area (Å²) in [5.41, 5.74) is 0.111. The van der Waals surface area contributed by atoms with Gasteiger partial charge in [-0.05, 0) is 43.5 Å². The summed E-state index contributed by atoms with van der Waals surface area (Å²) in [5, 5.41) is 5.24. The molecule has 0 bridgehead atoms. The highest BCUT2D eigenvalue weighted by Crippen LogP contribution is 2.34. The molecule has 8 heteroatoms. The first-order chi connectivity index (χ1) is 11.4. The van der Waals surface area contributed by atoms with Gasteiger partial charge in [-0.3, -0.25) is 0 Å². The largest absolute Gasteiger partial charge is 0.341 e. The van der Waals surface area contributed by atoms with Crippen LogP contribution in [0.15, 0.2) is 27.6 Å². The van der Waals surface area contributed by atoms with Gasteiger partial charge in [0.2, 0.25) is 0 Å². The Balaban J connectivity index is 2.03. The fourth-order valence-corrected chi connectivity index (χ4v) is 4.24. The molecule has 0 aromatic heterocycles. The quantitative estimate of drug-likeness (QED) is 0.621. The zero-order valence-corrected chi connectivity index (χ0v) is 16.1. The molecule has 1 aliphatic rings. The number of aldehydes is 1. The maximum absolute atomic E-state index is 12.4. The highest BCUT2D eigenvalue weighted by atomic mass is 79.9. The standard InChI is InChI=1S/C16H22BrN3O3S/c1-11-8-13(5-6-14(11)17)24(23)19-9-12-4-3-7-16(12,10-21)20-15(22)18-2/h5-6,8,10,12,19H,3-4,7,9H2,1-2H3,(H2,18,20,22). The monoisotopic (exact) mass is 415 g/mol. The van der Waals surface area contributed by atoms with Crippen LogP contribution >= 0.6 is 15.9 Å². The van der Waals surface area contributed by atoms with Gasteiger partial charge < -0.3 is 15.4 Å². The highest BCUT2D eigenvalue weighted by molar-refractivity contribution is 9.10. The van der Waals surface area contributed by atoms with Crippen LogP contribution in [0.25, 0.3) is 0 Å². The van der Waals surface area contributed by atoms with E-state index in [2.05, 4.69) is 31.3 Å². The van der Waals surface area contributed by atoms with E-state index >= 15 is 0 Å². The van der Waals surface area contributed by atoms with Gasteiger partial charge in [0.05, 0.1) is 4.90 Å². The summed E-state index contributed by atoms with van der Waals surface area (Å²) in [5.74, 6) is -0.0900. The molecule has 132 valence electrons. The zero-order valence-electron chi connectivity index (χ0n) is 13.7. The summed E-state index contributed by atoms with van der Waals surface area (Å²) in [6.07, 6.45) is 3.06. The predicted molar refractivity (Wildman–Crippen MR) is 97.0 cm³/mol. The normalized spacial score (nSPS) is 24.4. The Kier molecular flexibility index (Phi) is 6.54. The van der Waals surface area contributed by atoms with Crippen molar-refractivity contribution in [1.82, 2.24) is 15.4 Å². The van der Waals surface area contributed by atoms with Crippen LogP contribution in [0.3, 0.4) is 0 Å². The summed E-state index contributed by atoms with van der Waals surface area (Å²) < 4.78 is 16.4. The van der Waals surface area contributed by atoms with E-state index in [1.165, 1.54) is 7.05 Å². The van der Waals surface area contributed by atoms with Crippen molar-refractivity contribution in [2.24, 2.45) is 5.92 Å². The minimum atomic E-state index is -1.36. The third-order valence-electron chi connectivity index (χ3n) is 4.46. The lowest BCUT2D eigenvalue weighted by atomic mass is 9.88. The summed E-state index contributed by atoms with van der Waals surface area (Å²) in [4.78, 5) is 24.0. The topological polar surface area (TPSA) is 87.3 Å². The van der Waals surface area contributed by atoms with E-state index in [9.17, 15) is 13.8 Å². The fraction of sp³-hybridized carbons (Fsp3) is 0.500. The molecule has 3 unspecified atom stereocenters. The van der Waals surface area contributed by atoms with Crippen LogP contribution < -0.4 is 15.4 Å². The Morgan fingerprint density at radius 2 is 2.25 bits per heavy atom. The van der Waals surface area contributed by atoms with Gasteiger partial charge in [0.15, 0.2) is 0 Å². The Hall–Kier alpha value is -1.25. The summed E-state index contributed by atoms with van der Waals surface area (Å²) in [6.45, 7) is 2.33. The fourth-order valence-electron chi connectivity index (χ4n) is 3.00. The van der Waals surface area contributed by atoms with Gasteiger partial charge in [0.25, 0.3) is 0 Å². The molecule has 3 atom stereocenters. The Labute approximate surface area is 152 Å². The highest BCUT2D eigenvalue weighted by Gasteiger charge is 2.44. The number of carbonyl (C=O) groups is 2. The minimum absolute atomic E-state index is 0.0900. The van der Waals surface area contributed by atoms with E-state index in [-0.39, 0.29) is 11.9 Å². The Morgan fingerprint density at radius 3 is 2.88 bits per heavy atom. The van der Waals surface area contributed by atoms with Crippen molar-refractivity contribution in [3.8, 4) is 0 Å². The van der Waals surface area contributed by atoms with Crippen LogP contribution in [0.4, 0.5) is 4.79 Å². The smallest absolute Gasteiger partial charge is 0.315 e. The average molecular weight is 416 g/mol. The zero-order chi connectivity index (χ0) is 17.7. The molecule has 2 rings (SSSR count). The molecule has 2 amide bonds. The van der Waals surface area contributed by atoms with Crippen molar-refractivity contribution in [1.29, 1.82) is 0 Å². The predicted octanol–water partition coefficient (Wildman–Crippen LogP) is 2.04. The number of nitrogens with one attached hydrogen (secondary N) is 3. The molecule has 0 radical (unpaired) electrons. The molecule has 1 saturated carbocycles. The molecule has 1 fully saturated rings. The van der Waals surface area contributed by atoms with E-state index < -0.39 is 16.5 Å². The average Bonchev–Trinajstić information content (AvgIpc) is 2.97. The van der Waals surface area contributed by atoms with E-state index in [1.807, 2.05) is 19.1 Å². The minimum Gasteiger partial charge on any atom is -0.341 e. The second-order valence-electron chi connectivity index (χ2n) is 5.98. The number of urea groups is 1. The van der Waals surface area contributed by atoms with Crippen molar-refractivity contribution in [3.05, 3.63) is 28.2 Å². The number of aryl methyl sites for hydroxylation is 1. The van der Waals surface area contributed by atoms with E-state index in [0.29, 0.717) is 17.9 Å². The van der Waals surface area contributed by atoms with Crippen molar-refractivity contribution in [2.75, 3.05) is 13.6 Å². The molecule has 1 aromatic carbocycles. The number of carbonyl (C=O) groups excluding carboxylic acids is 2. The Morgan fingerprint density at radius 1 is 1.50 bits per heavy atom. The Bertz CT molecular complexity index is 655. The molecular weight excluding hydrogens is 394 g/mol. The van der Waals surface area contributed by atoms with Crippen LogP contribution in [0.5, 0.6) is 0 Å². The van der Waals surface area contributed by atoms with Gasteiger partial charge in [0, 0.05) is 24.0 Å². The first-order valence-electron chi connectivity index (χ1n) is 7.79. The molecule has 24 heavy (non-hydrogen) atoms. The number of hydrogen-bond acceptors (Lipinski definition) is 3. The molecule has 1 aromatic rings. The van der Waals surface area contributed by atoms with E-state index in [1.54, 1.807) is 6.07 Å². The summed E-state index contributed by atoms with van der Waals surface area (Å²) >= 11 is 3.42. The lowest BCUT2D eigenvalue weighted by molar-refractivity contribution is -0.114. The van der Waals surface area contributed by atoms with Crippen LogP contribution in [0.1, 0.15) is 24.8 Å². The maximum Gasteiger partial charge on any atom is 0.315 e. The number of hydrogen-bond donors (Lipinski definition) is 3. The van der Waals surface area contributed by atoms with Gasteiger partial charge in [-0.15, -0.1) is 0 Å². The second-order valence-corrected chi connectivity index (χ2v) is 8.13. The van der Waals surface area contributed by atoms with Crippen LogP contribution in [0.2, 0.25) is 0 Å². The van der Waals surface area contributed by atoms with Gasteiger partial charge in [-0.2, -0.15) is 0 Å². The molecule has 0 aliphatic heterocycles. The number of halogens is 1. The van der Waals surface area contributed by atoms with E-state index in [4.69, 9.17) is 0 Å². The third-order valence-corrected chi connectivity index (χ3v) is 6.46. The van der Waals surface area contributed by atoms with Crippen molar-refractivity contribution in [3.63, 3.8) is 0 Å². The first kappa shape index (κ1) is 19.1. The number of benzene rings is 1. The molecular formula is C16H22BrN3O3S. The molecule has 3 N–H and O–H groups in total. The van der Waals surface area contributed by atoms with Crippen molar-refractivity contribution in [2.45, 2.75) is 36.6 Å². The van der Waals surface area contributed by atoms with Gasteiger partial charge in [-0.1, -0.05) is 22.4 Å².